The van der Waals surface area contributed by atoms with Crippen LogP contribution in [0.1, 0.15) is 48.4 Å². The predicted molar refractivity (Wildman–Crippen MR) is 129 cm³/mol. The fraction of sp³-hybridized carbons (Fsp3) is 0.280. The van der Waals surface area contributed by atoms with Crippen molar-refractivity contribution < 1.29 is 14.3 Å². The van der Waals surface area contributed by atoms with Gasteiger partial charge in [0.05, 0.1) is 7.11 Å². The first-order chi connectivity index (χ1) is 15.9. The predicted octanol–water partition coefficient (Wildman–Crippen LogP) is 5.36. The van der Waals surface area contributed by atoms with E-state index in [0.29, 0.717) is 34.7 Å². The molecule has 0 saturated carbocycles. The van der Waals surface area contributed by atoms with Crippen molar-refractivity contribution in [2.24, 2.45) is 0 Å². The molecule has 0 aliphatic carbocycles. The van der Waals surface area contributed by atoms with Crippen molar-refractivity contribution in [3.63, 3.8) is 0 Å². The number of amides is 1. The molecule has 0 atom stereocenters. The van der Waals surface area contributed by atoms with Gasteiger partial charge < -0.3 is 9.47 Å². The number of nitrogens with zero attached hydrogens (tertiary/aromatic N) is 3. The molecular weight excluding hydrogens is 436 g/mol. The average Bonchev–Trinajstić information content (AvgIpc) is 3.29. The first-order valence-corrected chi connectivity index (χ1v) is 11.4. The van der Waals surface area contributed by atoms with Gasteiger partial charge in [-0.3, -0.25) is 10.1 Å². The number of benzene rings is 2. The third-order valence-corrected chi connectivity index (χ3v) is 5.88. The number of methoxy groups -OCH3 is 1. The highest BCUT2D eigenvalue weighted by molar-refractivity contribution is 7.15. The molecule has 1 N–H and O–H groups in total. The number of nitrogens with one attached hydrogen (secondary N) is 1. The van der Waals surface area contributed by atoms with E-state index in [0.717, 1.165) is 17.0 Å². The van der Waals surface area contributed by atoms with Crippen molar-refractivity contribution in [2.75, 3.05) is 12.4 Å². The summed E-state index contributed by atoms with van der Waals surface area (Å²) in [6.45, 7) is 6.67. The van der Waals surface area contributed by atoms with Crippen molar-refractivity contribution in [3.8, 4) is 17.6 Å². The van der Waals surface area contributed by atoms with Gasteiger partial charge in [-0.1, -0.05) is 62.4 Å². The molecule has 3 aromatic rings. The lowest BCUT2D eigenvalue weighted by Gasteiger charge is -2.12. The van der Waals surface area contributed by atoms with Gasteiger partial charge in [0.15, 0.2) is 11.5 Å². The van der Waals surface area contributed by atoms with Gasteiger partial charge in [0.1, 0.15) is 23.3 Å². The number of ether oxygens (including phenoxy) is 2. The number of hydrogen-bond acceptors (Lipinski definition) is 7. The van der Waals surface area contributed by atoms with Crippen LogP contribution in [0.3, 0.4) is 0 Å². The maximum absolute atomic E-state index is 12.5. The van der Waals surface area contributed by atoms with Gasteiger partial charge >= 0.3 is 0 Å². The summed E-state index contributed by atoms with van der Waals surface area (Å²) in [5.74, 6) is 1.02. The molecule has 3 rings (SSSR count). The average molecular weight is 463 g/mol. The zero-order valence-corrected chi connectivity index (χ0v) is 19.9. The lowest BCUT2D eigenvalue weighted by atomic mass is 10.0. The minimum atomic E-state index is -0.541. The molecule has 1 amide bonds. The monoisotopic (exact) mass is 462 g/mol. The van der Waals surface area contributed by atoms with E-state index >= 15 is 0 Å². The number of nitriles is 1. The number of anilines is 1. The van der Waals surface area contributed by atoms with Crippen LogP contribution in [0, 0.1) is 11.3 Å². The first kappa shape index (κ1) is 24.0. The first-order valence-electron chi connectivity index (χ1n) is 10.6. The van der Waals surface area contributed by atoms with Gasteiger partial charge in [-0.15, -0.1) is 10.2 Å². The van der Waals surface area contributed by atoms with Gasteiger partial charge in [0, 0.05) is 0 Å². The van der Waals surface area contributed by atoms with Crippen LogP contribution in [0.15, 0.2) is 48.0 Å². The van der Waals surface area contributed by atoms with E-state index < -0.39 is 5.91 Å². The van der Waals surface area contributed by atoms with Crippen molar-refractivity contribution in [1.82, 2.24) is 10.2 Å². The summed E-state index contributed by atoms with van der Waals surface area (Å²) in [5, 5.41) is 21.1. The Bertz CT molecular complexity index is 1180. The van der Waals surface area contributed by atoms with Crippen molar-refractivity contribution in [2.45, 2.75) is 39.7 Å². The van der Waals surface area contributed by atoms with E-state index in [-0.39, 0.29) is 5.57 Å². The molecule has 2 aromatic carbocycles. The van der Waals surface area contributed by atoms with Gasteiger partial charge in [0.2, 0.25) is 5.13 Å². The summed E-state index contributed by atoms with van der Waals surface area (Å²) in [6, 6.07) is 15.5. The number of aromatic nitrogens is 2. The SMILES string of the molecule is CCc1nnc(NC(=O)/C(C#N)=C/c2ccc(OCc3ccc(C(C)C)cc3)c(OC)c2)s1. The molecule has 0 fully saturated rings. The molecule has 33 heavy (non-hydrogen) atoms. The minimum absolute atomic E-state index is 0.0517. The molecule has 0 saturated heterocycles. The second kappa shape index (κ2) is 11.2. The van der Waals surface area contributed by atoms with E-state index in [9.17, 15) is 10.1 Å². The second-order valence-electron chi connectivity index (χ2n) is 7.57. The Hall–Kier alpha value is -3.70. The fourth-order valence-corrected chi connectivity index (χ4v) is 3.65. The van der Waals surface area contributed by atoms with Crippen molar-refractivity contribution in [3.05, 3.63) is 69.7 Å². The Morgan fingerprint density at radius 1 is 1.18 bits per heavy atom. The summed E-state index contributed by atoms with van der Waals surface area (Å²) in [5.41, 5.74) is 2.92. The quantitative estimate of drug-likeness (QED) is 0.340. The zero-order chi connectivity index (χ0) is 23.8. The van der Waals surface area contributed by atoms with E-state index in [1.807, 2.05) is 13.0 Å². The molecule has 8 heteroatoms. The zero-order valence-electron chi connectivity index (χ0n) is 19.1. The molecule has 170 valence electrons. The Balaban J connectivity index is 1.71. The van der Waals surface area contributed by atoms with Crippen molar-refractivity contribution in [1.29, 1.82) is 5.26 Å². The third-order valence-electron chi connectivity index (χ3n) is 4.89. The van der Waals surface area contributed by atoms with E-state index in [1.165, 1.54) is 23.0 Å². The molecule has 0 aliphatic rings. The van der Waals surface area contributed by atoms with Crippen LogP contribution in [0.5, 0.6) is 11.5 Å². The number of carbonyl (C=O) groups excluding carboxylic acids is 1. The largest absolute Gasteiger partial charge is 0.493 e. The lowest BCUT2D eigenvalue weighted by Crippen LogP contribution is -2.13. The highest BCUT2D eigenvalue weighted by atomic mass is 32.1. The van der Waals surface area contributed by atoms with Crippen LogP contribution < -0.4 is 14.8 Å². The van der Waals surface area contributed by atoms with E-state index in [4.69, 9.17) is 9.47 Å². The van der Waals surface area contributed by atoms with E-state index in [1.54, 1.807) is 25.3 Å². The highest BCUT2D eigenvalue weighted by Gasteiger charge is 2.13. The van der Waals surface area contributed by atoms with Crippen LogP contribution >= 0.6 is 11.3 Å². The molecule has 0 bridgehead atoms. The van der Waals surface area contributed by atoms with Crippen LogP contribution in [0.25, 0.3) is 6.08 Å². The molecule has 0 unspecified atom stereocenters. The van der Waals surface area contributed by atoms with Crippen LogP contribution in [-0.4, -0.2) is 23.2 Å². The highest BCUT2D eigenvalue weighted by Crippen LogP contribution is 2.30. The standard InChI is InChI=1S/C25H26N4O3S/c1-5-23-28-29-25(33-23)27-24(30)20(14-26)12-18-8-11-21(22(13-18)31-4)32-15-17-6-9-19(10-7-17)16(2)3/h6-13,16H,5,15H2,1-4H3,(H,27,29,30)/b20-12+. The van der Waals surface area contributed by atoms with Crippen LogP contribution in [-0.2, 0) is 17.8 Å². The Morgan fingerprint density at radius 2 is 1.94 bits per heavy atom. The molecular formula is C25H26N4O3S. The van der Waals surface area contributed by atoms with Gasteiger partial charge in [-0.25, -0.2) is 0 Å². The molecule has 0 aliphatic heterocycles. The van der Waals surface area contributed by atoms with Gasteiger partial charge in [-0.2, -0.15) is 5.26 Å². The molecule has 1 aromatic heterocycles. The Kier molecular flexibility index (Phi) is 8.17. The summed E-state index contributed by atoms with van der Waals surface area (Å²) in [7, 11) is 1.55. The number of carbonyl (C=O) groups is 1. The Morgan fingerprint density at radius 3 is 2.55 bits per heavy atom. The molecule has 0 spiro atoms. The lowest BCUT2D eigenvalue weighted by molar-refractivity contribution is -0.112. The molecule has 7 nitrogen and oxygen atoms in total. The minimum Gasteiger partial charge on any atom is -0.493 e. The summed E-state index contributed by atoms with van der Waals surface area (Å²) in [6.07, 6.45) is 2.22. The van der Waals surface area contributed by atoms with Crippen LogP contribution in [0.2, 0.25) is 0 Å². The fourth-order valence-electron chi connectivity index (χ4n) is 2.98. The second-order valence-corrected chi connectivity index (χ2v) is 8.64. The van der Waals surface area contributed by atoms with Crippen LogP contribution in [0.4, 0.5) is 5.13 Å². The summed E-state index contributed by atoms with van der Waals surface area (Å²) in [4.78, 5) is 12.5. The van der Waals surface area contributed by atoms with E-state index in [2.05, 4.69) is 53.6 Å². The smallest absolute Gasteiger partial charge is 0.268 e. The topological polar surface area (TPSA) is 97.1 Å². The maximum Gasteiger partial charge on any atom is 0.268 e. The normalized spacial score (nSPS) is 11.2. The number of rotatable bonds is 9. The maximum atomic E-state index is 12.5. The summed E-state index contributed by atoms with van der Waals surface area (Å²) >= 11 is 1.28. The Labute approximate surface area is 197 Å². The van der Waals surface area contributed by atoms with Crippen molar-refractivity contribution >= 4 is 28.5 Å². The summed E-state index contributed by atoms with van der Waals surface area (Å²) < 4.78 is 11.4. The van der Waals surface area contributed by atoms with Gasteiger partial charge in [0.25, 0.3) is 5.91 Å². The number of hydrogen-bond donors (Lipinski definition) is 1. The molecule has 0 radical (unpaired) electrons. The van der Waals surface area contributed by atoms with Gasteiger partial charge in [-0.05, 0) is 47.2 Å². The third kappa shape index (κ3) is 6.40. The number of aryl methyl sites for hydroxylation is 1. The molecule has 1 heterocycles.